The van der Waals surface area contributed by atoms with Crippen LogP contribution in [0.3, 0.4) is 0 Å². The zero-order chi connectivity index (χ0) is 103. The molecule has 7 rings (SSSR count). The average Bonchev–Trinajstić information content (AvgIpc) is 0.761. The van der Waals surface area contributed by atoms with Crippen LogP contribution in [0, 0.1) is 0 Å². The minimum atomic E-state index is -3.45. The van der Waals surface area contributed by atoms with Gasteiger partial charge in [-0.05, 0) is 26.2 Å². The van der Waals surface area contributed by atoms with Gasteiger partial charge in [0.1, 0.15) is 153 Å². The van der Waals surface area contributed by atoms with E-state index in [9.17, 15) is 146 Å². The van der Waals surface area contributed by atoms with E-state index < -0.39 is 333 Å². The molecule has 7 saturated heterocycles. The standard InChI is InChI=1S/C92H162N4O43/c1-7-9-11-13-15-17-19-21-22-23-24-26-28-30-32-34-36-38-62(110)96-52(53(105)37-35-33-31-29-27-25-20-18-16-14-12-10-8-2)46-126-85-74(119)72(117)77(60(45-101)131-85)133-87-75(120)82(69(114)58(43-99)129-87)136-84-65(95-51(6)104)81(135-88-76(121)83(70(115)59(44-100)130-88)139-92(90(124)125)40-55(107)64(94-50(5)103)80(138-92)68(113)57(109)42-98)78(134-86-73(118)71(116)66(111)48(3)128-86)61(132-84)47-127-91(89(122)123)39-54(106)63(93-49(4)102)79(137-91)67(112)56(108)41-97/h35,37,48,52-61,63-88,97-101,105-109,111-121H,7-34,36,38-47H2,1-6H3,(H,93,102)(H,94,103)(H,95,104)(H,96,110)(H,122,123)(H,124,125)/b37-35+/t48?,52-,53+,54?,55?,56+,57+,58?,59?,60?,61?,63+,64+,65?,66+,67+,68+,69-,70-,71?,72+,73-,74?,75?,76?,77+,78+,79?,80?,81+,82-,83-,84-,85+,86+,87-,88-,91+,92-/m0/s1. The zero-order valence-corrected chi connectivity index (χ0v) is 80.5. The molecule has 0 aromatic carbocycles. The lowest BCUT2D eigenvalue weighted by Gasteiger charge is -2.53. The number of nitrogens with one attached hydrogen (secondary N) is 4. The molecule has 47 nitrogen and oxygen atoms in total. The number of aliphatic hydroxyl groups is 21. The van der Waals surface area contributed by atoms with Crippen LogP contribution in [0.15, 0.2) is 12.2 Å². The molecular formula is C92H162N4O43. The van der Waals surface area contributed by atoms with Crippen molar-refractivity contribution in [2.75, 3.05) is 46.2 Å². The number of unbranched alkanes of at least 4 members (excludes halogenated alkanes) is 27. The molecule has 39 atom stereocenters. The van der Waals surface area contributed by atoms with Crippen LogP contribution in [-0.2, 0) is 95.1 Å². The molecule has 0 aromatic heterocycles. The first-order valence-corrected chi connectivity index (χ1v) is 49.6. The smallest absolute Gasteiger partial charge is 0.364 e. The van der Waals surface area contributed by atoms with Crippen molar-refractivity contribution < 1.29 is 213 Å². The molecule has 7 aliphatic rings. The second-order valence-corrected chi connectivity index (χ2v) is 37.8. The number of ether oxygens (including phenoxy) is 14. The topological polar surface area (TPSA) is 745 Å². The first-order valence-electron chi connectivity index (χ1n) is 49.6. The largest absolute Gasteiger partial charge is 0.477 e. The summed E-state index contributed by atoms with van der Waals surface area (Å²) in [5, 5.41) is 272. The van der Waals surface area contributed by atoms with Crippen LogP contribution in [0.1, 0.15) is 247 Å². The van der Waals surface area contributed by atoms with Crippen LogP contribution >= 0.6 is 0 Å². The molecule has 7 heterocycles. The Morgan fingerprint density at radius 3 is 1.25 bits per heavy atom. The number of carboxylic acids is 2. The third kappa shape index (κ3) is 35.2. The summed E-state index contributed by atoms with van der Waals surface area (Å²) in [6.45, 7) is 0.0485. The fourth-order valence-electron chi connectivity index (χ4n) is 18.6. The van der Waals surface area contributed by atoms with Gasteiger partial charge in [0.15, 0.2) is 31.5 Å². The maximum atomic E-state index is 14.1. The number of aliphatic hydroxyl groups excluding tert-OH is 21. The Bertz CT molecular complexity index is 3560. The summed E-state index contributed by atoms with van der Waals surface area (Å²) in [5.41, 5.74) is 0. The molecule has 0 aromatic rings. The Morgan fingerprint density at radius 1 is 0.403 bits per heavy atom. The molecule has 7 aliphatic heterocycles. The van der Waals surface area contributed by atoms with Crippen molar-refractivity contribution in [2.24, 2.45) is 0 Å². The Labute approximate surface area is 809 Å². The van der Waals surface area contributed by atoms with E-state index in [0.717, 1.165) is 85.0 Å². The number of hydrogen-bond donors (Lipinski definition) is 27. The summed E-state index contributed by atoms with van der Waals surface area (Å²) < 4.78 is 85.6. The summed E-state index contributed by atoms with van der Waals surface area (Å²) in [6.07, 6.45) is -41.2. The van der Waals surface area contributed by atoms with Gasteiger partial charge in [0.25, 0.3) is 11.6 Å². The third-order valence-electron chi connectivity index (χ3n) is 26.6. The van der Waals surface area contributed by atoms with Crippen molar-refractivity contribution in [2.45, 2.75) is 485 Å². The molecule has 0 radical (unpaired) electrons. The Balaban J connectivity index is 1.21. The minimum absolute atomic E-state index is 0.0950. The van der Waals surface area contributed by atoms with Crippen LogP contribution in [-0.4, -0.2) is 437 Å². The highest BCUT2D eigenvalue weighted by molar-refractivity contribution is 5.78. The van der Waals surface area contributed by atoms with Gasteiger partial charge in [-0.25, -0.2) is 9.59 Å². The van der Waals surface area contributed by atoms with Crippen molar-refractivity contribution in [3.63, 3.8) is 0 Å². The van der Waals surface area contributed by atoms with Gasteiger partial charge in [-0.2, -0.15) is 0 Å². The van der Waals surface area contributed by atoms with Crippen molar-refractivity contribution in [1.82, 2.24) is 21.3 Å². The highest BCUT2D eigenvalue weighted by Crippen LogP contribution is 2.43. The molecule has 0 aliphatic carbocycles. The van der Waals surface area contributed by atoms with Crippen molar-refractivity contribution in [3.8, 4) is 0 Å². The fourth-order valence-corrected chi connectivity index (χ4v) is 18.6. The Kier molecular flexibility index (Phi) is 53.2. The number of amides is 4. The van der Waals surface area contributed by atoms with Crippen LogP contribution in [0.5, 0.6) is 0 Å². The molecule has 27 N–H and O–H groups in total. The molecule has 47 heteroatoms. The van der Waals surface area contributed by atoms with Gasteiger partial charge in [0.2, 0.25) is 23.6 Å². The number of aliphatic carboxylic acids is 2. The van der Waals surface area contributed by atoms with E-state index in [1.165, 1.54) is 122 Å². The van der Waals surface area contributed by atoms with Gasteiger partial charge < -0.3 is 205 Å². The second kappa shape index (κ2) is 61.1. The summed E-state index contributed by atoms with van der Waals surface area (Å²) >= 11 is 0. The number of carbonyl (C=O) groups is 6. The van der Waals surface area contributed by atoms with Crippen molar-refractivity contribution in [3.05, 3.63) is 12.2 Å². The number of carboxylic acid groups (broad SMARTS) is 2. The average molecular weight is 2010 g/mol. The number of carbonyl (C=O) groups excluding carboxylic acids is 4. The van der Waals surface area contributed by atoms with E-state index in [-0.39, 0.29) is 6.42 Å². The van der Waals surface area contributed by atoms with Crippen LogP contribution in [0.25, 0.3) is 0 Å². The lowest BCUT2D eigenvalue weighted by Crippen LogP contribution is -2.72. The van der Waals surface area contributed by atoms with E-state index in [4.69, 9.17) is 66.3 Å². The number of rotatable bonds is 63. The Hall–Kier alpha value is -4.84. The highest BCUT2D eigenvalue weighted by Gasteiger charge is 2.64. The molecule has 14 unspecified atom stereocenters. The maximum Gasteiger partial charge on any atom is 0.364 e. The molecule has 0 saturated carbocycles. The summed E-state index contributed by atoms with van der Waals surface area (Å²) in [6, 6.07) is -7.18. The molecular weight excluding hydrogens is 1850 g/mol. The molecule has 7 fully saturated rings. The van der Waals surface area contributed by atoms with Crippen LogP contribution in [0.4, 0.5) is 0 Å². The van der Waals surface area contributed by atoms with Crippen LogP contribution < -0.4 is 21.3 Å². The lowest BCUT2D eigenvalue weighted by atomic mass is 9.88. The number of hydrogen-bond acceptors (Lipinski definition) is 41. The van der Waals surface area contributed by atoms with Gasteiger partial charge >= 0.3 is 11.9 Å². The normalized spacial score (nSPS) is 36.5. The fraction of sp³-hybridized carbons (Fsp3) is 0.913. The zero-order valence-electron chi connectivity index (χ0n) is 80.5. The van der Waals surface area contributed by atoms with Gasteiger partial charge in [-0.1, -0.05) is 193 Å². The summed E-state index contributed by atoms with van der Waals surface area (Å²) in [5.74, 6) is -14.6. The van der Waals surface area contributed by atoms with E-state index in [2.05, 4.69) is 35.1 Å². The summed E-state index contributed by atoms with van der Waals surface area (Å²) in [7, 11) is 0. The van der Waals surface area contributed by atoms with Gasteiger partial charge in [0.05, 0.1) is 88.8 Å². The number of allylic oxidation sites excluding steroid dienone is 1. The first-order chi connectivity index (χ1) is 66.2. The Morgan fingerprint density at radius 2 is 0.791 bits per heavy atom. The second-order valence-electron chi connectivity index (χ2n) is 37.8. The quantitative estimate of drug-likeness (QED) is 0.0203. The van der Waals surface area contributed by atoms with E-state index in [0.29, 0.717) is 12.8 Å². The molecule has 808 valence electrons. The monoisotopic (exact) mass is 2010 g/mol. The highest BCUT2D eigenvalue weighted by atomic mass is 16.8. The van der Waals surface area contributed by atoms with Crippen molar-refractivity contribution >= 4 is 35.6 Å². The first kappa shape index (κ1) is 121. The molecule has 0 bridgehead atoms. The van der Waals surface area contributed by atoms with Gasteiger partial charge in [0, 0.05) is 40.0 Å². The van der Waals surface area contributed by atoms with Gasteiger partial charge in [-0.3, -0.25) is 19.2 Å². The molecule has 4 amide bonds. The summed E-state index contributed by atoms with van der Waals surface area (Å²) in [4.78, 5) is 80.6. The van der Waals surface area contributed by atoms with Crippen LogP contribution in [0.2, 0.25) is 0 Å². The molecule has 139 heavy (non-hydrogen) atoms. The van der Waals surface area contributed by atoms with Crippen molar-refractivity contribution in [1.29, 1.82) is 0 Å². The van der Waals surface area contributed by atoms with E-state index >= 15 is 0 Å². The van der Waals surface area contributed by atoms with Gasteiger partial charge in [-0.15, -0.1) is 0 Å². The maximum absolute atomic E-state index is 14.1. The third-order valence-corrected chi connectivity index (χ3v) is 26.6. The SMILES string of the molecule is CCCCCCCCCCCCC/C=C/[C@@H](O)[C@H](CO[C@@H]1OC(CO)[C@@H](O[C@@H]2OC(CO)[C@H](O)[C@H](O[C@@H]3OC(CO[C@]4(C(=O)O)CC(O)[C@@H](NC(C)=O)C([C@H](O)[C@H](O)CO)O4)[C@@H](O[C@H]4OC(C)[C@@H](O)C(O)[C@@H]4O)[C@H](O[C@@H]4OC(CO)[C@H](O)[C@H](O[C@]5(C(=O)O)CC(O)[C@@H](NC(C)=O)C([C@H](O)[C@H](O)CO)O5)C4O)C3NC(C)=O)C2O)[C@H](O)C1O)NC(=O)CCCCCCCCCCCCCCCCCCC. The minimum Gasteiger partial charge on any atom is -0.477 e. The lowest BCUT2D eigenvalue weighted by molar-refractivity contribution is -0.402. The molecule has 0 spiro atoms. The predicted octanol–water partition coefficient (Wildman–Crippen LogP) is -4.24. The van der Waals surface area contributed by atoms with E-state index in [1.807, 2.05) is 0 Å². The van der Waals surface area contributed by atoms with E-state index in [1.54, 1.807) is 6.08 Å². The predicted molar refractivity (Wildman–Crippen MR) is 480 cm³/mol.